The molecule has 0 bridgehead atoms. The van der Waals surface area contributed by atoms with Crippen LogP contribution in [0.2, 0.25) is 5.02 Å². The number of ether oxygens (including phenoxy) is 1. The van der Waals surface area contributed by atoms with Crippen molar-refractivity contribution in [1.82, 2.24) is 98.5 Å². The number of imidazole rings is 4. The van der Waals surface area contributed by atoms with Gasteiger partial charge in [0.1, 0.15) is 52.0 Å². The lowest BCUT2D eigenvalue weighted by molar-refractivity contribution is 0.0110. The number of aliphatic hydroxyl groups is 1. The highest BCUT2D eigenvalue weighted by molar-refractivity contribution is 6.30. The van der Waals surface area contributed by atoms with Crippen molar-refractivity contribution in [2.45, 2.75) is 65.4 Å². The monoisotopic (exact) mass is 1860 g/mol. The first-order valence-electron chi connectivity index (χ1n) is 45.7. The minimum absolute atomic E-state index is 0.0833. The van der Waals surface area contributed by atoms with E-state index in [0.717, 1.165) is 221 Å². The molecule has 7 aliphatic rings. The summed E-state index contributed by atoms with van der Waals surface area (Å²) in [5.41, 5.74) is 20.7. The topological polar surface area (TPSA) is 360 Å². The summed E-state index contributed by atoms with van der Waals surface area (Å²) in [5.74, 6) is 4.73. The summed E-state index contributed by atoms with van der Waals surface area (Å²) in [6, 6.07) is 43.9. The van der Waals surface area contributed by atoms with Crippen LogP contribution in [0.1, 0.15) is 96.1 Å². The van der Waals surface area contributed by atoms with Gasteiger partial charge in [0.2, 0.25) is 5.78 Å². The molecule has 7 aliphatic heterocycles. The zero-order valence-electron chi connectivity index (χ0n) is 76.7. The number of fused-ring (bicyclic) bond motifs is 8. The molecule has 23 rings (SSSR count). The van der Waals surface area contributed by atoms with Gasteiger partial charge in [-0.15, -0.1) is 0 Å². The third kappa shape index (κ3) is 18.5. The van der Waals surface area contributed by atoms with E-state index >= 15 is 0 Å². The van der Waals surface area contributed by atoms with E-state index in [9.17, 15) is 28.7 Å². The smallest absolute Gasteiger partial charge is 0.254 e. The van der Waals surface area contributed by atoms with Gasteiger partial charge < -0.3 is 81.8 Å². The summed E-state index contributed by atoms with van der Waals surface area (Å²) >= 11 is 6.12. The Balaban J connectivity index is 0.000000113. The Morgan fingerprint density at radius 3 is 1.43 bits per heavy atom. The van der Waals surface area contributed by atoms with Gasteiger partial charge in [-0.25, -0.2) is 49.2 Å². The number of piperidine rings is 1. The number of anilines is 12. The maximum absolute atomic E-state index is 13.6. The highest BCUT2D eigenvalue weighted by atomic mass is 35.5. The van der Waals surface area contributed by atoms with Crippen LogP contribution in [0.25, 0.3) is 67.7 Å². The van der Waals surface area contributed by atoms with Crippen LogP contribution in [0.15, 0.2) is 214 Å². The molecule has 1 atom stereocenters. The minimum atomic E-state index is -0.695. The van der Waals surface area contributed by atoms with Gasteiger partial charge in [-0.3, -0.25) is 41.8 Å². The molecule has 0 unspecified atom stereocenters. The largest absolute Gasteiger partial charge is 0.390 e. The number of nitrogens with zero attached hydrogens (tertiary/aromatic N) is 20. The maximum atomic E-state index is 13.6. The lowest BCUT2D eigenvalue weighted by Gasteiger charge is -2.39. The number of benzene rings is 4. The summed E-state index contributed by atoms with van der Waals surface area (Å²) in [5, 5.41) is 36.3. The molecule has 4 aromatic carbocycles. The first kappa shape index (κ1) is 89.3. The van der Waals surface area contributed by atoms with Crippen molar-refractivity contribution in [3.8, 4) is 45.0 Å². The molecule has 3 fully saturated rings. The van der Waals surface area contributed by atoms with Gasteiger partial charge in [0.15, 0.2) is 5.65 Å². The van der Waals surface area contributed by atoms with Gasteiger partial charge in [0.05, 0.1) is 135 Å². The number of aryl methyl sites for hydroxylation is 1. The Hall–Kier alpha value is -15.6. The summed E-state index contributed by atoms with van der Waals surface area (Å²) in [4.78, 5) is 110. The van der Waals surface area contributed by atoms with E-state index in [2.05, 4.69) is 126 Å². The fraction of sp³-hybridized carbons (Fsp3) is 0.267. The van der Waals surface area contributed by atoms with Gasteiger partial charge in [0.25, 0.3) is 23.6 Å². The molecule has 19 heterocycles. The summed E-state index contributed by atoms with van der Waals surface area (Å²) in [6.07, 6.45) is 23.7. The highest BCUT2D eigenvalue weighted by Gasteiger charge is 2.36. The Kier molecular flexibility index (Phi) is 24.8. The third-order valence-electron chi connectivity index (χ3n) is 26.3. The molecule has 696 valence electrons. The molecule has 0 aliphatic carbocycles. The van der Waals surface area contributed by atoms with Crippen LogP contribution in [0.3, 0.4) is 0 Å². The highest BCUT2D eigenvalue weighted by Crippen LogP contribution is 2.42. The predicted molar refractivity (Wildman–Crippen MR) is 528 cm³/mol. The first-order chi connectivity index (χ1) is 66.6. The van der Waals surface area contributed by atoms with Crippen molar-refractivity contribution in [1.29, 1.82) is 0 Å². The Bertz CT molecular complexity index is 7310. The molecule has 137 heavy (non-hydrogen) atoms. The predicted octanol–water partition coefficient (Wildman–Crippen LogP) is 14.0. The molecule has 34 nitrogen and oxygen atoms in total. The first-order valence-corrected chi connectivity index (χ1v) is 46.0. The average molecular weight is 1860 g/mol. The summed E-state index contributed by atoms with van der Waals surface area (Å²) in [6.45, 7) is 18.6. The Labute approximate surface area is 793 Å². The van der Waals surface area contributed by atoms with Crippen LogP contribution in [0.5, 0.6) is 0 Å². The molecule has 12 aromatic heterocycles. The van der Waals surface area contributed by atoms with Crippen molar-refractivity contribution >= 4 is 127 Å². The standard InChI is InChI=1S/C28H31N7O2.C25H24ClN7O.C24H23FN6O2.C24H24N8O/c1-17-10-12-35-23(15-31-27(35)32-17)20-7-8-22(25-21(20)14-30-26(25)36)33-24-9-6-19(13-29-24)34-11-4-5-18(16-34)28(2,3)37;1-31-9-11-32(12-10-31)22-4-2-3-21(30-22)29-19-6-5-17(18-14-28-25(34)24(18)19)20-15-27-23-13-16(26)7-8-33(20)23;1-30(9-10-33-2)16-3-6-21(26-12-16)29-19-5-4-17(18-13-28-24(32)23(18)19)20-14-27-22-11-15(25)7-8-31(20)22;1-30-9-11-31(12-10-30)21-4-2-3-20(29-21)28-18-6-5-16(17-13-27-24(33)23(17)18)19-14-26-22-15-25-7-8-32(19)22/h6-10,12-13,15,18,37H,4-5,11,14,16H2,1-3H3,(H,29,33)(H,30,36);2-8,13,15H,9-12,14H2,1H3,(H,28,34)(H,29,30);3-8,11-12,14H,9-10,13H2,1-2H3,(H,26,29)(H,28,32);2-8,14-15H,9-13H2,1H3,(H,27,33)(H,28,29)/t18-;;;/m1.../s1. The van der Waals surface area contributed by atoms with E-state index in [1.165, 1.54) is 12.1 Å². The number of hydrogen-bond acceptors (Lipinski definition) is 26. The number of halogens is 2. The van der Waals surface area contributed by atoms with Crippen molar-refractivity contribution in [3.63, 3.8) is 0 Å². The number of carbonyl (C=O) groups is 4. The maximum Gasteiger partial charge on any atom is 0.254 e. The normalized spacial score (nSPS) is 15.7. The van der Waals surface area contributed by atoms with Crippen LogP contribution in [-0.2, 0) is 30.9 Å². The average Bonchev–Trinajstić information content (AvgIpc) is 1.63. The van der Waals surface area contributed by atoms with Gasteiger partial charge >= 0.3 is 0 Å². The van der Waals surface area contributed by atoms with Gasteiger partial charge in [-0.05, 0) is 161 Å². The van der Waals surface area contributed by atoms with Crippen LogP contribution in [0.4, 0.5) is 73.4 Å². The zero-order chi connectivity index (χ0) is 94.3. The molecular weight excluding hydrogens is 1760 g/mol. The van der Waals surface area contributed by atoms with Crippen LogP contribution < -0.4 is 62.1 Å². The third-order valence-corrected chi connectivity index (χ3v) is 26.5. The van der Waals surface area contributed by atoms with Crippen molar-refractivity contribution in [3.05, 3.63) is 275 Å². The summed E-state index contributed by atoms with van der Waals surface area (Å²) < 4.78 is 26.4. The van der Waals surface area contributed by atoms with Crippen molar-refractivity contribution in [2.24, 2.45) is 5.92 Å². The molecule has 0 radical (unpaired) electrons. The Morgan fingerprint density at radius 1 is 0.482 bits per heavy atom. The van der Waals surface area contributed by atoms with Crippen molar-refractivity contribution in [2.75, 3.05) is 148 Å². The SMILES string of the molecule is CN1CCN(c2cccc(Nc3ccc(-c4cnc5cc(Cl)ccn45)c4c3C(=O)NC4)n2)CC1.CN1CCN(c2cccc(Nc3ccc(-c4cnc5cnccn45)c4c3C(=O)NC4)n2)CC1.COCCN(C)c1ccc(Nc2ccc(-c3cnc4cc(F)ccn34)c3c2C(=O)NC3)nc1.Cc1ccn2c(-c3ccc(Nc4ccc(N5CCC[C@@H](C(C)(C)O)C5)cn4)c4c3CNC4=O)cnc2n1. The number of methoxy groups -OCH3 is 1. The van der Waals surface area contributed by atoms with E-state index < -0.39 is 5.60 Å². The van der Waals surface area contributed by atoms with E-state index in [1.54, 1.807) is 44.3 Å². The fourth-order valence-corrected chi connectivity index (χ4v) is 18.9. The second kappa shape index (κ2) is 38.1. The number of amides is 4. The second-order valence-corrected chi connectivity index (χ2v) is 36.0. The zero-order valence-corrected chi connectivity index (χ0v) is 77.5. The molecule has 36 heteroatoms. The quantitative estimate of drug-likeness (QED) is 0.0342. The van der Waals surface area contributed by atoms with Gasteiger partial charge in [-0.1, -0.05) is 48.0 Å². The molecule has 4 amide bonds. The van der Waals surface area contributed by atoms with Gasteiger partial charge in [0, 0.05) is 194 Å². The lowest BCUT2D eigenvalue weighted by Crippen LogP contribution is -2.44. The molecule has 9 N–H and O–H groups in total. The van der Waals surface area contributed by atoms with Crippen LogP contribution >= 0.6 is 11.6 Å². The number of carbonyl (C=O) groups excluding carboxylic acids is 4. The molecule has 3 saturated heterocycles. The molecular formula is C101H102ClFN28O6. The number of nitrogens with one attached hydrogen (secondary N) is 8. The number of hydrogen-bond donors (Lipinski definition) is 9. The lowest BCUT2D eigenvalue weighted by atomic mass is 9.84. The van der Waals surface area contributed by atoms with Gasteiger partial charge in [-0.2, -0.15) is 0 Å². The second-order valence-electron chi connectivity index (χ2n) is 35.6. The molecule has 0 saturated carbocycles. The minimum Gasteiger partial charge on any atom is -0.390 e. The van der Waals surface area contributed by atoms with Crippen LogP contribution in [-0.4, -0.2) is 218 Å². The van der Waals surface area contributed by atoms with E-state index in [1.807, 2.05) is 210 Å². The van der Waals surface area contributed by atoms with E-state index in [4.69, 9.17) is 26.3 Å². The number of pyridine rings is 6. The van der Waals surface area contributed by atoms with Crippen molar-refractivity contribution < 1.29 is 33.4 Å². The summed E-state index contributed by atoms with van der Waals surface area (Å²) in [7, 11) is 7.93. The number of likely N-dealkylation sites (N-methyl/N-ethyl adjacent to an activating group) is 3. The molecule has 16 aromatic rings. The number of rotatable bonds is 20. The van der Waals surface area contributed by atoms with E-state index in [-0.39, 0.29) is 35.4 Å². The number of piperazine rings is 2. The fourth-order valence-electron chi connectivity index (χ4n) is 18.7. The van der Waals surface area contributed by atoms with E-state index in [0.29, 0.717) is 88.8 Å². The van der Waals surface area contributed by atoms with Crippen LogP contribution in [0, 0.1) is 18.7 Å². The Morgan fingerprint density at radius 2 is 0.942 bits per heavy atom. The molecule has 0 spiro atoms. The number of aromatic nitrogens is 14.